The van der Waals surface area contributed by atoms with E-state index in [0.29, 0.717) is 12.1 Å². The summed E-state index contributed by atoms with van der Waals surface area (Å²) in [7, 11) is 0. The van der Waals surface area contributed by atoms with Gasteiger partial charge in [-0.1, -0.05) is 39.0 Å². The van der Waals surface area contributed by atoms with Crippen molar-refractivity contribution >= 4 is 10.9 Å². The first kappa shape index (κ1) is 17.7. The van der Waals surface area contributed by atoms with Crippen LogP contribution in [0, 0.1) is 5.82 Å². The lowest BCUT2D eigenvalue weighted by Crippen LogP contribution is -2.10. The zero-order chi connectivity index (χ0) is 18.0. The maximum Gasteiger partial charge on any atom is 0.132 e. The molecule has 0 aliphatic carbocycles. The van der Waals surface area contributed by atoms with Crippen molar-refractivity contribution in [3.63, 3.8) is 0 Å². The van der Waals surface area contributed by atoms with Gasteiger partial charge in [0, 0.05) is 16.5 Å². The van der Waals surface area contributed by atoms with Gasteiger partial charge in [-0.2, -0.15) is 0 Å². The lowest BCUT2D eigenvalue weighted by atomic mass is 9.86. The zero-order valence-electron chi connectivity index (χ0n) is 15.3. The molecule has 3 N–H and O–H groups in total. The molecule has 3 rings (SSSR count). The molecule has 3 heteroatoms. The van der Waals surface area contributed by atoms with Crippen LogP contribution < -0.4 is 5.73 Å². The molecule has 0 radical (unpaired) electrons. The Labute approximate surface area is 149 Å². The molecule has 1 aromatic heterocycles. The molecule has 0 atom stereocenters. The first-order valence-corrected chi connectivity index (χ1v) is 9.02. The minimum atomic E-state index is -0.190. The summed E-state index contributed by atoms with van der Waals surface area (Å²) < 4.78 is 14.4. The van der Waals surface area contributed by atoms with Gasteiger partial charge in [0.2, 0.25) is 0 Å². The summed E-state index contributed by atoms with van der Waals surface area (Å²) in [6.45, 7) is 7.33. The number of aromatic nitrogens is 1. The van der Waals surface area contributed by atoms with E-state index >= 15 is 0 Å². The lowest BCUT2D eigenvalue weighted by Gasteiger charge is -2.19. The van der Waals surface area contributed by atoms with Crippen LogP contribution in [0.15, 0.2) is 42.5 Å². The average Bonchev–Trinajstić information content (AvgIpc) is 2.92. The standard InChI is InChI=1S/C22H27FN2/c1-22(2,3)15-11-12-20-18(14-15)16(8-6-7-13-24)21(25-20)17-9-4-5-10-19(17)23/h4-5,9-12,14,25H,6-8,13,24H2,1-3H3. The van der Waals surface area contributed by atoms with Gasteiger partial charge in [-0.15, -0.1) is 0 Å². The third-order valence-electron chi connectivity index (χ3n) is 4.80. The molecule has 132 valence electrons. The number of aryl methyl sites for hydroxylation is 1. The number of H-pyrrole nitrogens is 1. The lowest BCUT2D eigenvalue weighted by molar-refractivity contribution is 0.591. The fraction of sp³-hybridized carbons (Fsp3) is 0.364. The number of fused-ring (bicyclic) bond motifs is 1. The van der Waals surface area contributed by atoms with Gasteiger partial charge < -0.3 is 10.7 Å². The van der Waals surface area contributed by atoms with Gasteiger partial charge in [-0.05, 0) is 66.6 Å². The Morgan fingerprint density at radius 1 is 1.04 bits per heavy atom. The molecule has 0 unspecified atom stereocenters. The smallest absolute Gasteiger partial charge is 0.132 e. The molecule has 0 saturated carbocycles. The molecule has 25 heavy (non-hydrogen) atoms. The van der Waals surface area contributed by atoms with Crippen LogP contribution in [-0.4, -0.2) is 11.5 Å². The number of nitrogens with two attached hydrogens (primary N) is 1. The second-order valence-corrected chi connectivity index (χ2v) is 7.71. The normalized spacial score (nSPS) is 12.0. The van der Waals surface area contributed by atoms with Crippen molar-refractivity contribution in [1.29, 1.82) is 0 Å². The molecule has 2 nitrogen and oxygen atoms in total. The summed E-state index contributed by atoms with van der Waals surface area (Å²) in [5.41, 5.74) is 10.8. The van der Waals surface area contributed by atoms with Crippen molar-refractivity contribution in [3.8, 4) is 11.3 Å². The van der Waals surface area contributed by atoms with Crippen molar-refractivity contribution in [3.05, 3.63) is 59.4 Å². The number of aromatic amines is 1. The first-order valence-electron chi connectivity index (χ1n) is 9.02. The van der Waals surface area contributed by atoms with E-state index < -0.39 is 0 Å². The summed E-state index contributed by atoms with van der Waals surface area (Å²) in [6, 6.07) is 13.5. The number of rotatable bonds is 5. The molecule has 1 heterocycles. The van der Waals surface area contributed by atoms with Crippen molar-refractivity contribution in [2.24, 2.45) is 5.73 Å². The van der Waals surface area contributed by atoms with E-state index in [4.69, 9.17) is 5.73 Å². The zero-order valence-corrected chi connectivity index (χ0v) is 15.3. The van der Waals surface area contributed by atoms with E-state index in [1.807, 2.05) is 12.1 Å². The minimum Gasteiger partial charge on any atom is -0.354 e. The van der Waals surface area contributed by atoms with Crippen LogP contribution in [0.3, 0.4) is 0 Å². The van der Waals surface area contributed by atoms with Gasteiger partial charge in [0.25, 0.3) is 0 Å². The first-order chi connectivity index (χ1) is 11.9. The fourth-order valence-corrected chi connectivity index (χ4v) is 3.31. The van der Waals surface area contributed by atoms with Crippen molar-refractivity contribution in [2.45, 2.75) is 45.4 Å². The van der Waals surface area contributed by atoms with Crippen LogP contribution in [0.25, 0.3) is 22.2 Å². The second kappa shape index (κ2) is 7.01. The molecular weight excluding hydrogens is 311 g/mol. The third kappa shape index (κ3) is 3.62. The molecule has 0 bridgehead atoms. The summed E-state index contributed by atoms with van der Waals surface area (Å²) >= 11 is 0. The molecule has 0 fully saturated rings. The number of benzene rings is 2. The van der Waals surface area contributed by atoms with E-state index in [-0.39, 0.29) is 11.2 Å². The predicted octanol–water partition coefficient (Wildman–Crippen LogP) is 5.55. The molecule has 0 aliphatic rings. The van der Waals surface area contributed by atoms with E-state index in [2.05, 4.69) is 44.0 Å². The Bertz CT molecular complexity index is 871. The van der Waals surface area contributed by atoms with Gasteiger partial charge in [-0.25, -0.2) is 4.39 Å². The Hall–Kier alpha value is -2.13. The number of hydrogen-bond donors (Lipinski definition) is 2. The minimum absolute atomic E-state index is 0.0815. The maximum absolute atomic E-state index is 14.4. The largest absolute Gasteiger partial charge is 0.354 e. The van der Waals surface area contributed by atoms with Crippen LogP contribution >= 0.6 is 0 Å². The monoisotopic (exact) mass is 338 g/mol. The van der Waals surface area contributed by atoms with Crippen LogP contribution in [0.1, 0.15) is 44.7 Å². The highest BCUT2D eigenvalue weighted by atomic mass is 19.1. The predicted molar refractivity (Wildman–Crippen MR) is 104 cm³/mol. The van der Waals surface area contributed by atoms with E-state index in [0.717, 1.165) is 30.5 Å². The van der Waals surface area contributed by atoms with Crippen LogP contribution in [0.5, 0.6) is 0 Å². The van der Waals surface area contributed by atoms with Crippen molar-refractivity contribution in [1.82, 2.24) is 4.98 Å². The van der Waals surface area contributed by atoms with Gasteiger partial charge in [0.05, 0.1) is 5.69 Å². The van der Waals surface area contributed by atoms with Gasteiger partial charge in [-0.3, -0.25) is 0 Å². The molecule has 0 aliphatic heterocycles. The quantitative estimate of drug-likeness (QED) is 0.588. The van der Waals surface area contributed by atoms with Gasteiger partial charge in [0.1, 0.15) is 5.82 Å². The summed E-state index contributed by atoms with van der Waals surface area (Å²) in [4.78, 5) is 3.46. The number of unbranched alkanes of at least 4 members (excludes halogenated alkanes) is 1. The maximum atomic E-state index is 14.4. The van der Waals surface area contributed by atoms with E-state index in [9.17, 15) is 4.39 Å². The fourth-order valence-electron chi connectivity index (χ4n) is 3.31. The van der Waals surface area contributed by atoms with Crippen LogP contribution in [0.4, 0.5) is 4.39 Å². The number of nitrogens with one attached hydrogen (secondary N) is 1. The Kier molecular flexibility index (Phi) is 4.96. The Morgan fingerprint density at radius 2 is 1.80 bits per heavy atom. The molecular formula is C22H27FN2. The topological polar surface area (TPSA) is 41.8 Å². The molecule has 0 spiro atoms. The van der Waals surface area contributed by atoms with Gasteiger partial charge in [0.15, 0.2) is 0 Å². The number of hydrogen-bond acceptors (Lipinski definition) is 1. The SMILES string of the molecule is CC(C)(C)c1ccc2[nH]c(-c3ccccc3F)c(CCCCN)c2c1. The summed E-state index contributed by atoms with van der Waals surface area (Å²) in [6.07, 6.45) is 2.88. The molecule has 3 aromatic rings. The molecule has 0 saturated heterocycles. The van der Waals surface area contributed by atoms with Crippen molar-refractivity contribution < 1.29 is 4.39 Å². The van der Waals surface area contributed by atoms with Crippen molar-refractivity contribution in [2.75, 3.05) is 6.54 Å². The molecule has 0 amide bonds. The third-order valence-corrected chi connectivity index (χ3v) is 4.80. The highest BCUT2D eigenvalue weighted by Gasteiger charge is 2.19. The van der Waals surface area contributed by atoms with Crippen LogP contribution in [0.2, 0.25) is 0 Å². The molecule has 2 aromatic carbocycles. The Balaban J connectivity index is 2.18. The average molecular weight is 338 g/mol. The highest BCUT2D eigenvalue weighted by Crippen LogP contribution is 2.35. The van der Waals surface area contributed by atoms with Crippen LogP contribution in [-0.2, 0) is 11.8 Å². The van der Waals surface area contributed by atoms with E-state index in [1.54, 1.807) is 6.07 Å². The second-order valence-electron chi connectivity index (χ2n) is 7.71. The van der Waals surface area contributed by atoms with E-state index in [1.165, 1.54) is 22.6 Å². The summed E-state index contributed by atoms with van der Waals surface area (Å²) in [5, 5.41) is 1.20. The number of halogens is 1. The van der Waals surface area contributed by atoms with Gasteiger partial charge >= 0.3 is 0 Å². The summed E-state index contributed by atoms with van der Waals surface area (Å²) in [5.74, 6) is -0.190. The highest BCUT2D eigenvalue weighted by molar-refractivity contribution is 5.91. The Morgan fingerprint density at radius 3 is 2.48 bits per heavy atom.